The third-order valence-corrected chi connectivity index (χ3v) is 21.3. The molecule has 0 aliphatic rings. The van der Waals surface area contributed by atoms with E-state index >= 15 is 0 Å². The van der Waals surface area contributed by atoms with Crippen LogP contribution in [0.3, 0.4) is 0 Å². The molecule has 0 aliphatic heterocycles. The maximum absolute atomic E-state index is 3.74. The first-order valence-electron chi connectivity index (χ1n) is 4.10. The third-order valence-electron chi connectivity index (χ3n) is 3.08. The zero-order valence-electron chi connectivity index (χ0n) is 8.71. The lowest BCUT2D eigenvalue weighted by molar-refractivity contribution is 1.57. The van der Waals surface area contributed by atoms with Gasteiger partial charge in [-0.3, -0.25) is 0 Å². The van der Waals surface area contributed by atoms with Gasteiger partial charge < -0.3 is 0 Å². The topological polar surface area (TPSA) is 0 Å². The molecular weight excluding hydrogens is 164 g/mol. The molecule has 0 rings (SSSR count). The average molecular weight is 184 g/mol. The molecule has 0 amide bonds. The van der Waals surface area contributed by atoms with E-state index < -0.39 is 15.2 Å². The van der Waals surface area contributed by atoms with Gasteiger partial charge in [-0.05, 0) is 12.1 Å². The largest absolute Gasteiger partial charge is 0.135 e. The molecule has 0 radical (unpaired) electrons. The summed E-state index contributed by atoms with van der Waals surface area (Å²) in [6.45, 7) is 18.1. The van der Waals surface area contributed by atoms with Gasteiger partial charge in [0.2, 0.25) is 0 Å². The second-order valence-electron chi connectivity index (χ2n) is 4.68. The minimum Gasteiger partial charge on any atom is -0.135 e. The predicted octanol–water partition coefficient (Wildman–Crippen LogP) is 3.38. The first-order chi connectivity index (χ1) is 4.73. The Labute approximate surface area is 72.8 Å². The van der Waals surface area contributed by atoms with E-state index in [-0.39, 0.29) is 0 Å². The Bertz CT molecular complexity index is 190. The quantitative estimate of drug-likeness (QED) is 0.456. The second-order valence-corrected chi connectivity index (χ2v) is 21.4. The summed E-state index contributed by atoms with van der Waals surface area (Å²) in [5, 5.41) is 1.44. The van der Waals surface area contributed by atoms with Gasteiger partial charge in [-0.2, -0.15) is 0 Å². The fourth-order valence-corrected chi connectivity index (χ4v) is 5.99. The van der Waals surface area contributed by atoms with Gasteiger partial charge in [0.1, 0.15) is 0 Å². The van der Waals surface area contributed by atoms with E-state index in [0.717, 1.165) is 0 Å². The molecule has 0 N–H and O–H groups in total. The average Bonchev–Trinajstić information content (AvgIpc) is 1.83. The van der Waals surface area contributed by atoms with Gasteiger partial charge in [-0.1, -0.05) is 39.3 Å². The number of hydrogen-bond acceptors (Lipinski definition) is 0. The van der Waals surface area contributed by atoms with Crippen molar-refractivity contribution in [3.8, 4) is 0 Å². The van der Waals surface area contributed by atoms with Crippen LogP contribution < -0.4 is 0 Å². The van der Waals surface area contributed by atoms with E-state index in [9.17, 15) is 0 Å². The molecule has 0 aromatic rings. The highest BCUT2D eigenvalue weighted by molar-refractivity contribution is 7.43. The molecule has 0 aromatic heterocycles. The Hall–Kier alpha value is -0.0462. The van der Waals surface area contributed by atoms with Crippen molar-refractivity contribution in [1.82, 2.24) is 0 Å². The Kier molecular flexibility index (Phi) is 3.12. The molecule has 0 heterocycles. The Morgan fingerprint density at radius 2 is 1.45 bits per heavy atom. The zero-order valence-corrected chi connectivity index (χ0v) is 10.7. The molecule has 0 unspecified atom stereocenters. The van der Waals surface area contributed by atoms with E-state index in [1.165, 1.54) is 5.20 Å². The molecule has 11 heavy (non-hydrogen) atoms. The van der Waals surface area contributed by atoms with Crippen molar-refractivity contribution in [3.05, 3.63) is 17.5 Å². The van der Waals surface area contributed by atoms with Crippen LogP contribution in [-0.2, 0) is 0 Å². The third kappa shape index (κ3) is 2.19. The fraction of sp³-hybridized carbons (Fsp3) is 0.667. The van der Waals surface area contributed by atoms with E-state index in [4.69, 9.17) is 0 Å². The predicted molar refractivity (Wildman–Crippen MR) is 59.2 cm³/mol. The summed E-state index contributed by atoms with van der Waals surface area (Å²) in [5.74, 6) is 0. The molecular formula is C9H20Si2. The van der Waals surface area contributed by atoms with Gasteiger partial charge in [0, 0.05) is 7.59 Å². The Morgan fingerprint density at radius 3 is 1.55 bits per heavy atom. The lowest BCUT2D eigenvalue weighted by Crippen LogP contribution is -2.53. The SMILES string of the molecule is C=C=C(C)[Si](C)(C)[Si](C)(C)C. The first kappa shape index (κ1) is 11.0. The summed E-state index contributed by atoms with van der Waals surface area (Å²) in [6, 6.07) is 0. The highest BCUT2D eigenvalue weighted by Crippen LogP contribution is 2.24. The summed E-state index contributed by atoms with van der Waals surface area (Å²) in [6.07, 6.45) is 0. The molecule has 0 aromatic carbocycles. The van der Waals surface area contributed by atoms with Crippen molar-refractivity contribution in [2.24, 2.45) is 0 Å². The summed E-state index contributed by atoms with van der Waals surface area (Å²) >= 11 is 0. The van der Waals surface area contributed by atoms with Crippen molar-refractivity contribution in [3.63, 3.8) is 0 Å². The smallest absolute Gasteiger partial charge is 0.0778 e. The molecule has 64 valence electrons. The standard InChI is InChI=1S/C9H20Si2/c1-8-9(2)11(6,7)10(3,4)5/h1H2,2-7H3. The van der Waals surface area contributed by atoms with Crippen molar-refractivity contribution in [2.45, 2.75) is 39.7 Å². The molecule has 0 atom stereocenters. The highest BCUT2D eigenvalue weighted by atomic mass is 29.3. The maximum Gasteiger partial charge on any atom is 0.0778 e. The number of rotatable bonds is 2. The van der Waals surface area contributed by atoms with Crippen LogP contribution in [0, 0.1) is 0 Å². The van der Waals surface area contributed by atoms with Crippen LogP contribution in [0.2, 0.25) is 32.7 Å². The number of allylic oxidation sites excluding steroid dienone is 1. The Morgan fingerprint density at radius 1 is 1.09 bits per heavy atom. The first-order valence-corrected chi connectivity index (χ1v) is 11.6. The van der Waals surface area contributed by atoms with Gasteiger partial charge in [0.05, 0.1) is 7.59 Å². The normalized spacial score (nSPS) is 12.5. The second kappa shape index (κ2) is 3.14. The molecule has 0 saturated heterocycles. The molecule has 0 aliphatic carbocycles. The lowest BCUT2D eigenvalue weighted by atomic mass is 10.7. The van der Waals surface area contributed by atoms with Gasteiger partial charge in [-0.25, -0.2) is 0 Å². The lowest BCUT2D eigenvalue weighted by Gasteiger charge is -2.35. The number of hydrogen-bond donors (Lipinski definition) is 0. The van der Waals surface area contributed by atoms with Gasteiger partial charge in [0.15, 0.2) is 0 Å². The molecule has 0 fully saturated rings. The summed E-state index contributed by atoms with van der Waals surface area (Å²) < 4.78 is 0. The molecule has 0 saturated carbocycles. The van der Waals surface area contributed by atoms with Crippen molar-refractivity contribution >= 4 is 15.2 Å². The molecule has 0 spiro atoms. The van der Waals surface area contributed by atoms with Gasteiger partial charge in [0.25, 0.3) is 0 Å². The van der Waals surface area contributed by atoms with Gasteiger partial charge in [-0.15, -0.1) is 5.73 Å². The minimum absolute atomic E-state index is 0.970. The van der Waals surface area contributed by atoms with Crippen LogP contribution in [0.4, 0.5) is 0 Å². The summed E-state index contributed by atoms with van der Waals surface area (Å²) in [7, 11) is -2.10. The Balaban J connectivity index is 4.89. The maximum atomic E-state index is 3.74. The van der Waals surface area contributed by atoms with Crippen LogP contribution in [-0.4, -0.2) is 15.2 Å². The minimum atomic E-state index is -1.13. The van der Waals surface area contributed by atoms with Crippen LogP contribution in [0.15, 0.2) is 17.5 Å². The van der Waals surface area contributed by atoms with E-state index in [1.54, 1.807) is 0 Å². The van der Waals surface area contributed by atoms with Crippen LogP contribution in [0.5, 0.6) is 0 Å². The van der Waals surface area contributed by atoms with E-state index in [1.807, 2.05) is 0 Å². The van der Waals surface area contributed by atoms with Crippen molar-refractivity contribution in [1.29, 1.82) is 0 Å². The highest BCUT2D eigenvalue weighted by Gasteiger charge is 2.37. The van der Waals surface area contributed by atoms with Crippen molar-refractivity contribution in [2.75, 3.05) is 0 Å². The summed E-state index contributed by atoms with van der Waals surface area (Å²) in [5.41, 5.74) is 3.07. The van der Waals surface area contributed by atoms with Crippen LogP contribution >= 0.6 is 0 Å². The molecule has 2 heteroatoms. The van der Waals surface area contributed by atoms with Crippen molar-refractivity contribution < 1.29 is 0 Å². The van der Waals surface area contributed by atoms with Crippen LogP contribution in [0.25, 0.3) is 0 Å². The fourth-order valence-electron chi connectivity index (χ4n) is 0.783. The summed E-state index contributed by atoms with van der Waals surface area (Å²) in [4.78, 5) is 0. The van der Waals surface area contributed by atoms with Gasteiger partial charge >= 0.3 is 0 Å². The zero-order chi connectivity index (χ0) is 9.28. The van der Waals surface area contributed by atoms with Crippen LogP contribution in [0.1, 0.15) is 6.92 Å². The molecule has 0 nitrogen and oxygen atoms in total. The molecule has 0 bridgehead atoms. The van der Waals surface area contributed by atoms with E-state index in [0.29, 0.717) is 0 Å². The van der Waals surface area contributed by atoms with E-state index in [2.05, 4.69) is 52.0 Å². The monoisotopic (exact) mass is 184 g/mol.